The average molecular weight is 148 g/mol. The number of rotatable bonds is 2. The molecule has 1 aromatic carbocycles. The fraction of sp³-hybridized carbons (Fsp3) is 0. The summed E-state index contributed by atoms with van der Waals surface area (Å²) < 4.78 is 0. The number of hydrogen-bond acceptors (Lipinski definition) is 2. The van der Waals surface area contributed by atoms with Gasteiger partial charge in [-0.15, -0.1) is 0 Å². The van der Waals surface area contributed by atoms with E-state index < -0.39 is 0 Å². The molecule has 0 aromatic heterocycles. The molecule has 0 saturated carbocycles. The van der Waals surface area contributed by atoms with Crippen LogP contribution in [0.4, 0.5) is 0 Å². The SMILES string of the molecule is C=C(O)c1ccc(C=O)cc1. The van der Waals surface area contributed by atoms with Crippen molar-refractivity contribution in [1.29, 1.82) is 0 Å². The van der Waals surface area contributed by atoms with Gasteiger partial charge in [0.25, 0.3) is 0 Å². The molecule has 0 aliphatic rings. The summed E-state index contributed by atoms with van der Waals surface area (Å²) in [6, 6.07) is 6.55. The van der Waals surface area contributed by atoms with Gasteiger partial charge < -0.3 is 5.11 Å². The van der Waals surface area contributed by atoms with Crippen molar-refractivity contribution in [3.05, 3.63) is 42.0 Å². The number of carbonyl (C=O) groups is 1. The molecule has 0 aliphatic carbocycles. The van der Waals surface area contributed by atoms with E-state index in [0.717, 1.165) is 6.29 Å². The zero-order valence-electron chi connectivity index (χ0n) is 5.95. The van der Waals surface area contributed by atoms with Gasteiger partial charge in [-0.25, -0.2) is 0 Å². The number of aliphatic hydroxyl groups excluding tert-OH is 1. The Morgan fingerprint density at radius 3 is 2.27 bits per heavy atom. The second kappa shape index (κ2) is 3.01. The maximum Gasteiger partial charge on any atom is 0.150 e. The van der Waals surface area contributed by atoms with Gasteiger partial charge in [0.1, 0.15) is 12.0 Å². The molecular weight excluding hydrogens is 140 g/mol. The van der Waals surface area contributed by atoms with Crippen LogP contribution in [0.1, 0.15) is 15.9 Å². The first-order chi connectivity index (χ1) is 5.24. The molecule has 0 unspecified atom stereocenters. The van der Waals surface area contributed by atoms with Crippen LogP contribution in [0, 0.1) is 0 Å². The smallest absolute Gasteiger partial charge is 0.150 e. The number of aldehydes is 1. The normalized spacial score (nSPS) is 9.09. The fourth-order valence-electron chi connectivity index (χ4n) is 0.754. The summed E-state index contributed by atoms with van der Waals surface area (Å²) in [6.07, 6.45) is 0.754. The Kier molecular flexibility index (Phi) is 2.06. The van der Waals surface area contributed by atoms with Crippen molar-refractivity contribution in [2.45, 2.75) is 0 Å². The summed E-state index contributed by atoms with van der Waals surface area (Å²) >= 11 is 0. The van der Waals surface area contributed by atoms with Crippen LogP contribution in [-0.2, 0) is 0 Å². The van der Waals surface area contributed by atoms with Gasteiger partial charge in [-0.1, -0.05) is 30.8 Å². The van der Waals surface area contributed by atoms with E-state index in [9.17, 15) is 4.79 Å². The third-order valence-electron chi connectivity index (χ3n) is 1.38. The number of carbonyl (C=O) groups excluding carboxylic acids is 1. The molecule has 0 heterocycles. The van der Waals surface area contributed by atoms with Gasteiger partial charge in [0.2, 0.25) is 0 Å². The van der Waals surface area contributed by atoms with Gasteiger partial charge in [-0.05, 0) is 0 Å². The number of benzene rings is 1. The summed E-state index contributed by atoms with van der Waals surface area (Å²) in [5.74, 6) is 0.0162. The first-order valence-electron chi connectivity index (χ1n) is 3.17. The maximum absolute atomic E-state index is 10.2. The van der Waals surface area contributed by atoms with Gasteiger partial charge in [-0.2, -0.15) is 0 Å². The minimum atomic E-state index is 0.0162. The van der Waals surface area contributed by atoms with Crippen LogP contribution in [0.15, 0.2) is 30.8 Å². The molecule has 0 atom stereocenters. The molecule has 0 bridgehead atoms. The highest BCUT2D eigenvalue weighted by Crippen LogP contribution is 2.08. The Labute approximate surface area is 64.8 Å². The molecule has 1 rings (SSSR count). The highest BCUT2D eigenvalue weighted by molar-refractivity contribution is 5.75. The second-order valence-electron chi connectivity index (χ2n) is 2.19. The topological polar surface area (TPSA) is 37.3 Å². The maximum atomic E-state index is 10.2. The molecule has 0 amide bonds. The van der Waals surface area contributed by atoms with Crippen LogP contribution in [0.5, 0.6) is 0 Å². The van der Waals surface area contributed by atoms with E-state index in [2.05, 4.69) is 6.58 Å². The zero-order chi connectivity index (χ0) is 8.27. The van der Waals surface area contributed by atoms with Crippen LogP contribution < -0.4 is 0 Å². The van der Waals surface area contributed by atoms with Crippen molar-refractivity contribution in [2.24, 2.45) is 0 Å². The predicted octanol–water partition coefficient (Wildman–Crippen LogP) is 2.03. The average Bonchev–Trinajstić information content (AvgIpc) is 2.05. The van der Waals surface area contributed by atoms with E-state index in [4.69, 9.17) is 5.11 Å². The standard InChI is InChI=1S/C9H8O2/c1-7(11)9-4-2-8(6-10)3-5-9/h2-6,11H,1H2. The lowest BCUT2D eigenvalue weighted by Crippen LogP contribution is -1.82. The Balaban J connectivity index is 3.00. The van der Waals surface area contributed by atoms with Crippen molar-refractivity contribution in [1.82, 2.24) is 0 Å². The van der Waals surface area contributed by atoms with Crippen molar-refractivity contribution >= 4 is 12.0 Å². The molecule has 1 aromatic rings. The van der Waals surface area contributed by atoms with E-state index in [-0.39, 0.29) is 5.76 Å². The lowest BCUT2D eigenvalue weighted by atomic mass is 10.1. The van der Waals surface area contributed by atoms with Gasteiger partial charge in [0.05, 0.1) is 0 Å². The summed E-state index contributed by atoms with van der Waals surface area (Å²) in [7, 11) is 0. The minimum absolute atomic E-state index is 0.0162. The Morgan fingerprint density at radius 1 is 1.36 bits per heavy atom. The van der Waals surface area contributed by atoms with Crippen molar-refractivity contribution in [3.63, 3.8) is 0 Å². The van der Waals surface area contributed by atoms with E-state index >= 15 is 0 Å². The summed E-state index contributed by atoms with van der Waals surface area (Å²) in [5.41, 5.74) is 1.23. The van der Waals surface area contributed by atoms with Crippen LogP contribution in [0.2, 0.25) is 0 Å². The molecule has 2 nitrogen and oxygen atoms in total. The van der Waals surface area contributed by atoms with Gasteiger partial charge in [0, 0.05) is 11.1 Å². The van der Waals surface area contributed by atoms with Crippen molar-refractivity contribution in [3.8, 4) is 0 Å². The van der Waals surface area contributed by atoms with Crippen LogP contribution >= 0.6 is 0 Å². The van der Waals surface area contributed by atoms with Crippen LogP contribution in [-0.4, -0.2) is 11.4 Å². The molecule has 11 heavy (non-hydrogen) atoms. The monoisotopic (exact) mass is 148 g/mol. The Morgan fingerprint density at radius 2 is 1.91 bits per heavy atom. The highest BCUT2D eigenvalue weighted by atomic mass is 16.3. The lowest BCUT2D eigenvalue weighted by Gasteiger charge is -1.96. The predicted molar refractivity (Wildman–Crippen MR) is 43.5 cm³/mol. The number of aliphatic hydroxyl groups is 1. The van der Waals surface area contributed by atoms with Crippen molar-refractivity contribution in [2.75, 3.05) is 0 Å². The molecule has 0 spiro atoms. The quantitative estimate of drug-likeness (QED) is 0.514. The van der Waals surface area contributed by atoms with Crippen LogP contribution in [0.3, 0.4) is 0 Å². The molecule has 0 saturated heterocycles. The zero-order valence-corrected chi connectivity index (χ0v) is 5.95. The molecule has 56 valence electrons. The number of hydrogen-bond donors (Lipinski definition) is 1. The summed E-state index contributed by atoms with van der Waals surface area (Å²) in [6.45, 7) is 3.35. The molecule has 1 N–H and O–H groups in total. The molecule has 0 radical (unpaired) electrons. The van der Waals surface area contributed by atoms with E-state index in [1.165, 1.54) is 0 Å². The van der Waals surface area contributed by atoms with Gasteiger partial charge >= 0.3 is 0 Å². The molecule has 0 aliphatic heterocycles. The van der Waals surface area contributed by atoms with Gasteiger partial charge in [-0.3, -0.25) is 4.79 Å². The molecule has 0 fully saturated rings. The van der Waals surface area contributed by atoms with Crippen LogP contribution in [0.25, 0.3) is 5.76 Å². The van der Waals surface area contributed by atoms with E-state index in [1.54, 1.807) is 24.3 Å². The first kappa shape index (κ1) is 7.54. The summed E-state index contributed by atoms with van der Waals surface area (Å²) in [5, 5.41) is 8.90. The first-order valence-corrected chi connectivity index (χ1v) is 3.17. The van der Waals surface area contributed by atoms with E-state index in [0.29, 0.717) is 11.1 Å². The second-order valence-corrected chi connectivity index (χ2v) is 2.19. The Hall–Kier alpha value is -1.57. The largest absolute Gasteiger partial charge is 0.508 e. The fourth-order valence-corrected chi connectivity index (χ4v) is 0.754. The van der Waals surface area contributed by atoms with Crippen molar-refractivity contribution < 1.29 is 9.90 Å². The molecule has 2 heteroatoms. The summed E-state index contributed by atoms with van der Waals surface area (Å²) in [4.78, 5) is 10.2. The van der Waals surface area contributed by atoms with E-state index in [1.807, 2.05) is 0 Å². The highest BCUT2D eigenvalue weighted by Gasteiger charge is 1.94. The Bertz CT molecular complexity index is 272. The lowest BCUT2D eigenvalue weighted by molar-refractivity contribution is 0.112. The van der Waals surface area contributed by atoms with Gasteiger partial charge in [0.15, 0.2) is 0 Å². The third-order valence-corrected chi connectivity index (χ3v) is 1.38. The third kappa shape index (κ3) is 1.67. The minimum Gasteiger partial charge on any atom is -0.508 e. The molecular formula is C9H8O2.